The Balaban J connectivity index is 1.59. The molecular weight excluding hydrogens is 573 g/mol. The zero-order chi connectivity index (χ0) is 31.7. The van der Waals surface area contributed by atoms with Crippen LogP contribution in [0.4, 0.5) is 4.39 Å². The van der Waals surface area contributed by atoms with Crippen molar-refractivity contribution in [3.05, 3.63) is 88.6 Å². The Morgan fingerprint density at radius 2 is 1.53 bits per heavy atom. The quantitative estimate of drug-likeness (QED) is 0.349. The molecule has 3 aliphatic rings. The summed E-state index contributed by atoms with van der Waals surface area (Å²) in [5.41, 5.74) is 1.83. The number of halogens is 1. The van der Waals surface area contributed by atoms with Crippen LogP contribution in [-0.2, 0) is 9.59 Å². The van der Waals surface area contributed by atoms with Crippen LogP contribution in [0.5, 0.6) is 5.75 Å². The van der Waals surface area contributed by atoms with Gasteiger partial charge in [-0.2, -0.15) is 0 Å². The normalized spacial score (nSPS) is 24.1. The molecule has 9 heteroatoms. The van der Waals surface area contributed by atoms with Gasteiger partial charge in [0.1, 0.15) is 29.1 Å². The molecule has 0 bridgehead atoms. The van der Waals surface area contributed by atoms with Gasteiger partial charge in [0.15, 0.2) is 5.78 Å². The van der Waals surface area contributed by atoms with E-state index >= 15 is 0 Å². The third-order valence-corrected chi connectivity index (χ3v) is 9.88. The average Bonchev–Trinajstić information content (AvgIpc) is 3.61. The lowest BCUT2D eigenvalue weighted by Gasteiger charge is -2.38. The van der Waals surface area contributed by atoms with Gasteiger partial charge in [-0.25, -0.2) is 4.39 Å². The fourth-order valence-corrected chi connectivity index (χ4v) is 7.70. The molecular formula is C36H42FN3O5. The highest BCUT2D eigenvalue weighted by molar-refractivity contribution is 6.02. The monoisotopic (exact) mass is 615 g/mol. The molecule has 3 heterocycles. The molecule has 0 spiro atoms. The Hall–Kier alpha value is -3.98. The summed E-state index contributed by atoms with van der Waals surface area (Å²) in [7, 11) is 1.59. The van der Waals surface area contributed by atoms with Crippen LogP contribution in [-0.4, -0.2) is 66.7 Å². The van der Waals surface area contributed by atoms with Gasteiger partial charge < -0.3 is 24.3 Å². The molecule has 8 nitrogen and oxygen atoms in total. The number of amides is 2. The van der Waals surface area contributed by atoms with E-state index in [1.807, 2.05) is 29.2 Å². The topological polar surface area (TPSA) is 92.1 Å². The Morgan fingerprint density at radius 1 is 0.889 bits per heavy atom. The number of nitrogens with zero attached hydrogens (tertiary/aromatic N) is 2. The van der Waals surface area contributed by atoms with Gasteiger partial charge in [-0.1, -0.05) is 43.5 Å². The minimum atomic E-state index is -0.928. The van der Waals surface area contributed by atoms with Crippen molar-refractivity contribution in [1.29, 1.82) is 0 Å². The lowest BCUT2D eigenvalue weighted by atomic mass is 9.75. The van der Waals surface area contributed by atoms with Gasteiger partial charge in [0.25, 0.3) is 0 Å². The summed E-state index contributed by atoms with van der Waals surface area (Å²) < 4.78 is 25.6. The predicted octanol–water partition coefficient (Wildman–Crippen LogP) is 5.59. The average molecular weight is 616 g/mol. The van der Waals surface area contributed by atoms with Crippen molar-refractivity contribution < 1.29 is 27.9 Å². The van der Waals surface area contributed by atoms with Gasteiger partial charge in [-0.3, -0.25) is 14.4 Å². The molecule has 4 unspecified atom stereocenters. The Labute approximate surface area is 263 Å². The summed E-state index contributed by atoms with van der Waals surface area (Å²) in [5.74, 6) is -0.868. The minimum absolute atomic E-state index is 0.105. The number of ether oxygens (including phenoxy) is 1. The van der Waals surface area contributed by atoms with E-state index in [0.717, 1.165) is 37.7 Å². The molecule has 4 atom stereocenters. The molecule has 2 aliphatic heterocycles. The second kappa shape index (κ2) is 13.2. The number of carbonyl (C=O) groups is 3. The van der Waals surface area contributed by atoms with Crippen LogP contribution in [0.3, 0.4) is 0 Å². The first-order valence-electron chi connectivity index (χ1n) is 16.1. The number of carbonyl (C=O) groups excluding carboxylic acids is 3. The summed E-state index contributed by atoms with van der Waals surface area (Å²) in [6, 6.07) is 13.5. The number of hydrogen-bond donors (Lipinski definition) is 1. The Kier molecular flexibility index (Phi) is 9.08. The van der Waals surface area contributed by atoms with E-state index in [-0.39, 0.29) is 23.5 Å². The van der Waals surface area contributed by atoms with Crippen LogP contribution in [0.2, 0.25) is 0 Å². The van der Waals surface area contributed by atoms with Crippen LogP contribution < -0.4 is 10.1 Å². The molecule has 3 aromatic rings. The molecule has 1 N–H and O–H groups in total. The fourth-order valence-electron chi connectivity index (χ4n) is 7.70. The molecule has 6 rings (SSSR count). The van der Waals surface area contributed by atoms with Crippen molar-refractivity contribution in [3.8, 4) is 5.75 Å². The number of piperazine rings is 1. The number of hydrogen-bond acceptors (Lipinski definition) is 6. The van der Waals surface area contributed by atoms with Crippen LogP contribution in [0.1, 0.15) is 77.1 Å². The number of nitrogens with one attached hydrogen (secondary N) is 1. The van der Waals surface area contributed by atoms with Crippen LogP contribution in [0.25, 0.3) is 0 Å². The van der Waals surface area contributed by atoms with Crippen molar-refractivity contribution >= 4 is 17.6 Å². The van der Waals surface area contributed by atoms with Crippen molar-refractivity contribution in [3.63, 3.8) is 0 Å². The SMILES string of the molecule is COc1ccc(C2C(C(=O)c3cc(C)oc3C)C(c3ccc(F)cc3)N(C(=O)C3CCCCC3)C2C(=O)N2CCNCC2)cc1. The largest absolute Gasteiger partial charge is 0.497 e. The lowest BCUT2D eigenvalue weighted by Crippen LogP contribution is -2.55. The smallest absolute Gasteiger partial charge is 0.246 e. The van der Waals surface area contributed by atoms with Crippen molar-refractivity contribution in [2.75, 3.05) is 33.3 Å². The third-order valence-electron chi connectivity index (χ3n) is 9.88. The molecule has 2 aromatic carbocycles. The van der Waals surface area contributed by atoms with Crippen molar-refractivity contribution in [1.82, 2.24) is 15.1 Å². The predicted molar refractivity (Wildman–Crippen MR) is 168 cm³/mol. The van der Waals surface area contributed by atoms with E-state index in [1.165, 1.54) is 12.1 Å². The maximum absolute atomic E-state index is 14.9. The minimum Gasteiger partial charge on any atom is -0.497 e. The number of benzene rings is 2. The van der Waals surface area contributed by atoms with E-state index in [1.54, 1.807) is 44.1 Å². The number of methoxy groups -OCH3 is 1. The molecule has 1 aliphatic carbocycles. The van der Waals surface area contributed by atoms with Crippen LogP contribution in [0, 0.1) is 31.5 Å². The lowest BCUT2D eigenvalue weighted by molar-refractivity contribution is -0.149. The number of aryl methyl sites for hydroxylation is 2. The zero-order valence-corrected chi connectivity index (χ0v) is 26.3. The zero-order valence-electron chi connectivity index (χ0n) is 26.3. The number of Topliss-reactive ketones (excluding diaryl/α,β-unsaturated/α-hetero) is 1. The maximum atomic E-state index is 14.9. The van der Waals surface area contributed by atoms with E-state index in [4.69, 9.17) is 9.15 Å². The first-order valence-corrected chi connectivity index (χ1v) is 16.1. The summed E-state index contributed by atoms with van der Waals surface area (Å²) in [4.78, 5) is 48.1. The Bertz CT molecular complexity index is 1520. The second-order valence-corrected chi connectivity index (χ2v) is 12.6. The molecule has 1 saturated carbocycles. The van der Waals surface area contributed by atoms with E-state index in [2.05, 4.69) is 5.32 Å². The number of likely N-dealkylation sites (tertiary alicyclic amines) is 1. The maximum Gasteiger partial charge on any atom is 0.246 e. The molecule has 45 heavy (non-hydrogen) atoms. The Morgan fingerprint density at radius 3 is 2.13 bits per heavy atom. The second-order valence-electron chi connectivity index (χ2n) is 12.6. The van der Waals surface area contributed by atoms with Crippen molar-refractivity contribution in [2.24, 2.45) is 11.8 Å². The number of ketones is 1. The summed E-state index contributed by atoms with van der Waals surface area (Å²) in [6.45, 7) is 5.89. The highest BCUT2D eigenvalue weighted by atomic mass is 19.1. The molecule has 3 fully saturated rings. The van der Waals surface area contributed by atoms with E-state index in [9.17, 15) is 18.8 Å². The standard InChI is InChI=1S/C36H42FN3O5/c1-22-21-29(23(2)45-22)34(41)31-30(24-11-15-28(44-3)16-12-24)33(36(43)39-19-17-38-18-20-39)40(35(42)26-7-5-4-6-8-26)32(31)25-9-13-27(37)14-10-25/h9-16,21,26,30-33,38H,4-8,17-20H2,1-3H3. The van der Waals surface area contributed by atoms with Gasteiger partial charge >= 0.3 is 0 Å². The highest BCUT2D eigenvalue weighted by Crippen LogP contribution is 2.53. The van der Waals surface area contributed by atoms with Gasteiger partial charge in [-0.15, -0.1) is 0 Å². The first-order chi connectivity index (χ1) is 21.8. The van der Waals surface area contributed by atoms with E-state index in [0.29, 0.717) is 54.6 Å². The van der Waals surface area contributed by atoms with Gasteiger partial charge in [0, 0.05) is 38.0 Å². The highest BCUT2D eigenvalue weighted by Gasteiger charge is 2.59. The summed E-state index contributed by atoms with van der Waals surface area (Å²) in [6.07, 6.45) is 4.44. The fraction of sp³-hybridized carbons (Fsp3) is 0.472. The first kappa shape index (κ1) is 31.0. The summed E-state index contributed by atoms with van der Waals surface area (Å²) >= 11 is 0. The van der Waals surface area contributed by atoms with Gasteiger partial charge in [-0.05, 0) is 68.1 Å². The van der Waals surface area contributed by atoms with Crippen LogP contribution in [0.15, 0.2) is 59.0 Å². The molecule has 1 aromatic heterocycles. The van der Waals surface area contributed by atoms with Crippen LogP contribution >= 0.6 is 0 Å². The summed E-state index contributed by atoms with van der Waals surface area (Å²) in [5, 5.41) is 3.31. The number of furan rings is 1. The number of rotatable bonds is 7. The van der Waals surface area contributed by atoms with Crippen molar-refractivity contribution in [2.45, 2.75) is 64.0 Å². The van der Waals surface area contributed by atoms with E-state index < -0.39 is 29.7 Å². The molecule has 2 amide bonds. The molecule has 2 saturated heterocycles. The third kappa shape index (κ3) is 6.02. The van der Waals surface area contributed by atoms with Gasteiger partial charge in [0.05, 0.1) is 24.6 Å². The molecule has 0 radical (unpaired) electrons. The van der Waals surface area contributed by atoms with Gasteiger partial charge in [0.2, 0.25) is 11.8 Å². The molecule has 238 valence electrons.